The van der Waals surface area contributed by atoms with E-state index in [1.807, 2.05) is 18.2 Å². The van der Waals surface area contributed by atoms with E-state index >= 15 is 0 Å². The highest BCUT2D eigenvalue weighted by atomic mass is 16.5. The minimum absolute atomic E-state index is 0.00486. The molecule has 0 unspecified atom stereocenters. The summed E-state index contributed by atoms with van der Waals surface area (Å²) in [5, 5.41) is 11.9. The Bertz CT molecular complexity index is 580. The molecule has 1 aromatic carbocycles. The van der Waals surface area contributed by atoms with Crippen LogP contribution in [0, 0.1) is 0 Å². The number of carbonyl (C=O) groups is 2. The Morgan fingerprint density at radius 1 is 1.22 bits per heavy atom. The number of carboxylic acids is 1. The van der Waals surface area contributed by atoms with E-state index in [2.05, 4.69) is 5.32 Å². The number of carboxylic acid groups (broad SMARTS) is 1. The van der Waals surface area contributed by atoms with Crippen molar-refractivity contribution in [1.82, 2.24) is 5.32 Å². The second-order valence-electron chi connectivity index (χ2n) is 5.94. The number of hydrogen-bond acceptors (Lipinski definition) is 4. The molecular weight excluding hydrogens is 298 g/mol. The number of nitrogens with one attached hydrogen (secondary N) is 1. The minimum atomic E-state index is -0.870. The van der Waals surface area contributed by atoms with Gasteiger partial charge in [-0.2, -0.15) is 0 Å². The van der Waals surface area contributed by atoms with Crippen LogP contribution in [-0.2, 0) is 16.0 Å². The van der Waals surface area contributed by atoms with Crippen molar-refractivity contribution in [3.63, 3.8) is 0 Å². The van der Waals surface area contributed by atoms with Gasteiger partial charge in [-0.1, -0.05) is 6.07 Å². The zero-order valence-corrected chi connectivity index (χ0v) is 13.6. The van der Waals surface area contributed by atoms with Crippen LogP contribution >= 0.6 is 0 Å². The molecule has 0 spiro atoms. The van der Waals surface area contributed by atoms with Crippen molar-refractivity contribution in [2.75, 3.05) is 14.2 Å². The zero-order chi connectivity index (χ0) is 16.9. The van der Waals surface area contributed by atoms with Gasteiger partial charge in [0.1, 0.15) is 0 Å². The first kappa shape index (κ1) is 17.1. The van der Waals surface area contributed by atoms with Gasteiger partial charge in [-0.15, -0.1) is 0 Å². The first-order valence-electron chi connectivity index (χ1n) is 7.72. The number of aliphatic carboxylic acids is 1. The topological polar surface area (TPSA) is 84.9 Å². The summed E-state index contributed by atoms with van der Waals surface area (Å²) in [6, 6.07) is 5.55. The van der Waals surface area contributed by atoms with Crippen molar-refractivity contribution in [2.24, 2.45) is 0 Å². The Hall–Kier alpha value is -2.24. The van der Waals surface area contributed by atoms with Gasteiger partial charge in [-0.05, 0) is 43.4 Å². The molecule has 0 aromatic heterocycles. The predicted molar refractivity (Wildman–Crippen MR) is 84.8 cm³/mol. The lowest BCUT2D eigenvalue weighted by molar-refractivity contribution is -0.140. The Kier molecular flexibility index (Phi) is 5.47. The number of amides is 1. The summed E-state index contributed by atoms with van der Waals surface area (Å²) in [6.45, 7) is 0. The summed E-state index contributed by atoms with van der Waals surface area (Å²) in [5.74, 6) is 0.299. The lowest BCUT2D eigenvalue weighted by Gasteiger charge is -2.41. The molecule has 0 heterocycles. The quantitative estimate of drug-likeness (QED) is 0.766. The molecule has 6 nitrogen and oxygen atoms in total. The highest BCUT2D eigenvalue weighted by molar-refractivity contribution is 5.78. The number of ether oxygens (including phenoxy) is 2. The highest BCUT2D eigenvalue weighted by Crippen LogP contribution is 2.35. The van der Waals surface area contributed by atoms with Crippen LogP contribution in [0.15, 0.2) is 18.2 Å². The van der Waals surface area contributed by atoms with Gasteiger partial charge in [0.2, 0.25) is 5.91 Å². The van der Waals surface area contributed by atoms with Gasteiger partial charge in [0.25, 0.3) is 0 Å². The van der Waals surface area contributed by atoms with E-state index in [4.69, 9.17) is 14.6 Å². The monoisotopic (exact) mass is 321 g/mol. The minimum Gasteiger partial charge on any atom is -0.493 e. The first-order valence-corrected chi connectivity index (χ1v) is 7.72. The molecule has 2 rings (SSSR count). The average Bonchev–Trinajstić information content (AvgIpc) is 2.49. The largest absolute Gasteiger partial charge is 0.493 e. The van der Waals surface area contributed by atoms with Gasteiger partial charge in [-0.25, -0.2) is 0 Å². The van der Waals surface area contributed by atoms with Crippen LogP contribution in [0.1, 0.15) is 37.7 Å². The van der Waals surface area contributed by atoms with Gasteiger partial charge in [-0.3, -0.25) is 9.59 Å². The van der Waals surface area contributed by atoms with E-state index in [9.17, 15) is 9.59 Å². The fourth-order valence-electron chi connectivity index (χ4n) is 2.89. The number of carbonyl (C=O) groups excluding carboxylic acids is 1. The normalized spacial score (nSPS) is 15.4. The molecule has 1 aliphatic rings. The second-order valence-corrected chi connectivity index (χ2v) is 5.94. The lowest BCUT2D eigenvalue weighted by Crippen LogP contribution is -2.54. The number of aryl methyl sites for hydroxylation is 1. The maximum Gasteiger partial charge on any atom is 0.305 e. The third-order valence-electron chi connectivity index (χ3n) is 4.29. The molecule has 0 saturated heterocycles. The lowest BCUT2D eigenvalue weighted by atomic mass is 9.74. The molecule has 1 aliphatic carbocycles. The van der Waals surface area contributed by atoms with Crippen molar-refractivity contribution < 1.29 is 24.2 Å². The molecule has 126 valence electrons. The van der Waals surface area contributed by atoms with Crippen molar-refractivity contribution in [3.05, 3.63) is 23.8 Å². The number of methoxy groups -OCH3 is 2. The fraction of sp³-hybridized carbons (Fsp3) is 0.529. The molecule has 0 radical (unpaired) electrons. The molecule has 0 aliphatic heterocycles. The predicted octanol–water partition coefficient (Wildman–Crippen LogP) is 2.15. The first-order chi connectivity index (χ1) is 11.0. The standard InChI is InChI=1S/C17H23NO5/c1-22-13-6-4-12(10-14(13)23-2)5-7-15(19)18-17(8-3-9-17)11-16(20)21/h4,6,10H,3,5,7-9,11H2,1-2H3,(H,18,19)(H,20,21). The third kappa shape index (κ3) is 4.37. The van der Waals surface area contributed by atoms with E-state index in [1.165, 1.54) is 0 Å². The Balaban J connectivity index is 1.90. The van der Waals surface area contributed by atoms with E-state index < -0.39 is 11.5 Å². The van der Waals surface area contributed by atoms with Gasteiger partial charge < -0.3 is 19.9 Å². The fourth-order valence-corrected chi connectivity index (χ4v) is 2.89. The molecule has 2 N–H and O–H groups in total. The number of benzene rings is 1. The molecular formula is C17H23NO5. The van der Waals surface area contributed by atoms with E-state index in [0.717, 1.165) is 24.8 Å². The smallest absolute Gasteiger partial charge is 0.305 e. The molecule has 1 aromatic rings. The van der Waals surface area contributed by atoms with Crippen LogP contribution in [0.5, 0.6) is 11.5 Å². The van der Waals surface area contributed by atoms with Gasteiger partial charge >= 0.3 is 5.97 Å². The average molecular weight is 321 g/mol. The maximum atomic E-state index is 12.1. The van der Waals surface area contributed by atoms with Crippen LogP contribution in [0.4, 0.5) is 0 Å². The Morgan fingerprint density at radius 2 is 1.91 bits per heavy atom. The summed E-state index contributed by atoms with van der Waals surface area (Å²) in [7, 11) is 3.14. The van der Waals surface area contributed by atoms with Crippen molar-refractivity contribution in [3.8, 4) is 11.5 Å². The Labute approximate surface area is 135 Å². The van der Waals surface area contributed by atoms with Gasteiger partial charge in [0, 0.05) is 6.42 Å². The molecule has 1 saturated carbocycles. The molecule has 0 atom stereocenters. The number of hydrogen-bond donors (Lipinski definition) is 2. The summed E-state index contributed by atoms with van der Waals surface area (Å²) in [6.07, 6.45) is 3.31. The van der Waals surface area contributed by atoms with E-state index in [-0.39, 0.29) is 12.3 Å². The van der Waals surface area contributed by atoms with Crippen molar-refractivity contribution in [2.45, 2.75) is 44.1 Å². The molecule has 0 bridgehead atoms. The van der Waals surface area contributed by atoms with Crippen LogP contribution in [0.2, 0.25) is 0 Å². The summed E-state index contributed by atoms with van der Waals surface area (Å²) >= 11 is 0. The third-order valence-corrected chi connectivity index (χ3v) is 4.29. The van der Waals surface area contributed by atoms with Gasteiger partial charge in [0.15, 0.2) is 11.5 Å². The van der Waals surface area contributed by atoms with Crippen LogP contribution < -0.4 is 14.8 Å². The molecule has 1 fully saturated rings. The summed E-state index contributed by atoms with van der Waals surface area (Å²) in [5.41, 5.74) is 0.430. The SMILES string of the molecule is COc1ccc(CCC(=O)NC2(CC(=O)O)CCC2)cc1OC. The second kappa shape index (κ2) is 7.35. The van der Waals surface area contributed by atoms with Crippen LogP contribution in [0.25, 0.3) is 0 Å². The van der Waals surface area contributed by atoms with Crippen molar-refractivity contribution in [1.29, 1.82) is 0 Å². The molecule has 1 amide bonds. The van der Waals surface area contributed by atoms with E-state index in [0.29, 0.717) is 24.3 Å². The summed E-state index contributed by atoms with van der Waals surface area (Å²) in [4.78, 5) is 23.0. The van der Waals surface area contributed by atoms with Crippen LogP contribution in [-0.4, -0.2) is 36.7 Å². The van der Waals surface area contributed by atoms with Gasteiger partial charge in [0.05, 0.1) is 26.2 Å². The zero-order valence-electron chi connectivity index (χ0n) is 13.6. The number of rotatable bonds is 8. The van der Waals surface area contributed by atoms with E-state index in [1.54, 1.807) is 14.2 Å². The van der Waals surface area contributed by atoms with Crippen LogP contribution in [0.3, 0.4) is 0 Å². The Morgan fingerprint density at radius 3 is 2.43 bits per heavy atom. The molecule has 6 heteroatoms. The molecule has 23 heavy (non-hydrogen) atoms. The highest BCUT2D eigenvalue weighted by Gasteiger charge is 2.40. The maximum absolute atomic E-state index is 12.1. The van der Waals surface area contributed by atoms with Crippen molar-refractivity contribution >= 4 is 11.9 Å². The summed E-state index contributed by atoms with van der Waals surface area (Å²) < 4.78 is 10.4.